The van der Waals surface area contributed by atoms with Gasteiger partial charge in [-0.05, 0) is 0 Å². The van der Waals surface area contributed by atoms with Crippen LogP contribution in [0.2, 0.25) is 0 Å². The summed E-state index contributed by atoms with van der Waals surface area (Å²) >= 11 is 0. The molecule has 44 valence electrons. The van der Waals surface area contributed by atoms with Crippen molar-refractivity contribution in [2.24, 2.45) is 0 Å². The predicted octanol–water partition coefficient (Wildman–Crippen LogP) is -4.59. The fourth-order valence-corrected chi connectivity index (χ4v) is 0. The smallest absolute Gasteiger partial charge is 0.282 e. The second kappa shape index (κ2) is 15.7. The molecule has 0 rings (SSSR count). The molecule has 0 atom stereocenters. The molecule has 7 heavy (non-hydrogen) atoms. The van der Waals surface area contributed by atoms with Gasteiger partial charge in [0.1, 0.15) is 0 Å². The second-order valence-corrected chi connectivity index (χ2v) is 0.603. The summed E-state index contributed by atoms with van der Waals surface area (Å²) in [6.07, 6.45) is 0. The van der Waals surface area contributed by atoms with E-state index in [9.17, 15) is 0 Å². The Kier molecular flexibility index (Phi) is 55.1. The third kappa shape index (κ3) is 172. The molecule has 0 amide bonds. The Morgan fingerprint density at radius 3 is 1.14 bits per heavy atom. The van der Waals surface area contributed by atoms with E-state index in [1.165, 1.54) is 0 Å². The average molecular weight is 233 g/mol. The third-order valence-electron chi connectivity index (χ3n) is 0. The van der Waals surface area contributed by atoms with Crippen LogP contribution in [0, 0.1) is 10.8 Å². The van der Waals surface area contributed by atoms with Crippen molar-refractivity contribution in [1.29, 1.82) is 0 Å². The average Bonchev–Trinajstić information content (AvgIpc) is 0.811. The van der Waals surface area contributed by atoms with Gasteiger partial charge in [0.15, 0.2) is 0 Å². The third-order valence-corrected chi connectivity index (χ3v) is 0. The van der Waals surface area contributed by atoms with Crippen molar-refractivity contribution in [1.82, 2.24) is 0 Å². The van der Waals surface area contributed by atoms with Gasteiger partial charge in [0.25, 0.3) is 10.8 Å². The molecule has 0 unspecified atom stereocenters. The number of hydrogen-bond acceptors (Lipinski definition) is 3. The number of hydrogen-bond donors (Lipinski definition) is 1. The van der Waals surface area contributed by atoms with E-state index < -0.39 is 10.8 Å². The van der Waals surface area contributed by atoms with Crippen molar-refractivity contribution in [2.75, 3.05) is 0 Å². The summed E-state index contributed by atoms with van der Waals surface area (Å²) in [6.45, 7) is 0. The zero-order valence-corrected chi connectivity index (χ0v) is 8.14. The van der Waals surface area contributed by atoms with Crippen molar-refractivity contribution < 1.29 is 63.0 Å². The summed E-state index contributed by atoms with van der Waals surface area (Å²) in [5.74, 6) is 0. The van der Waals surface area contributed by atoms with E-state index in [0.717, 1.165) is 0 Å². The molecule has 0 aromatic heterocycles. The van der Waals surface area contributed by atoms with E-state index in [0.29, 0.717) is 0 Å². The first-order chi connectivity index (χ1) is 1.73. The maximum Gasteiger partial charge on any atom is 0.282 e. The van der Waals surface area contributed by atoms with Gasteiger partial charge in [0.05, 0.1) is 0 Å². The van der Waals surface area contributed by atoms with Crippen LogP contribution in [0.3, 0.4) is 0 Å². The first-order valence-corrected chi connectivity index (χ1v) is 1.43. The van der Waals surface area contributed by atoms with Crippen LogP contribution in [0.1, 0.15) is 0 Å². The normalized spacial score (nSPS) is 5.14. The molecule has 7 heteroatoms. The summed E-state index contributed by atoms with van der Waals surface area (Å²) in [7, 11) is -2.60. The van der Waals surface area contributed by atoms with Gasteiger partial charge >= 0.3 is 0 Å². The van der Waals surface area contributed by atoms with Gasteiger partial charge < -0.3 is 20.3 Å². The Bertz CT molecular complexity index is 12.8. The Morgan fingerprint density at radius 2 is 1.14 bits per heavy atom. The second-order valence-electron chi connectivity index (χ2n) is 0.201. The molecule has 0 fully saturated rings. The van der Waals surface area contributed by atoms with E-state index in [-0.39, 0.29) is 38.3 Å². The molecule has 0 aliphatic rings. The van der Waals surface area contributed by atoms with E-state index in [4.69, 9.17) is 14.0 Å². The minimum Gasteiger partial charge on any atom is -0.412 e. The standard InChI is InChI=1S/Cd.ClHO3.2H2O/c;2-1(3)4;;/h;2H;2*1H2. The maximum atomic E-state index is 8.52. The van der Waals surface area contributed by atoms with Gasteiger partial charge in [-0.3, -0.25) is 0 Å². The topological polar surface area (TPSA) is 129 Å². The van der Waals surface area contributed by atoms with Gasteiger partial charge in [0, 0.05) is 32.0 Å². The van der Waals surface area contributed by atoms with Gasteiger partial charge in [-0.2, -0.15) is 0 Å². The SMILES string of the molecule is O.O.[Cd].[O-][Cl+2]([O-])O. The van der Waals surface area contributed by atoms with Crippen molar-refractivity contribution in [3.05, 3.63) is 0 Å². The van der Waals surface area contributed by atoms with Crippen molar-refractivity contribution in [3.8, 4) is 0 Å². The van der Waals surface area contributed by atoms with Gasteiger partial charge in [-0.15, -0.1) is 0 Å². The molecule has 0 saturated heterocycles. The predicted molar refractivity (Wildman–Crippen MR) is 9.45 cm³/mol. The molecule has 0 saturated carbocycles. The molecule has 0 spiro atoms. The van der Waals surface area contributed by atoms with E-state index in [1.807, 2.05) is 0 Å². The molecular formula is H5CdClO5. The van der Waals surface area contributed by atoms with Crippen molar-refractivity contribution in [3.63, 3.8) is 0 Å². The van der Waals surface area contributed by atoms with Crippen LogP contribution in [-0.4, -0.2) is 15.6 Å². The van der Waals surface area contributed by atoms with Crippen LogP contribution in [0.4, 0.5) is 0 Å². The molecule has 0 aromatic rings. The van der Waals surface area contributed by atoms with Crippen molar-refractivity contribution in [2.45, 2.75) is 0 Å². The molecule has 0 bridgehead atoms. The zero-order chi connectivity index (χ0) is 3.58. The van der Waals surface area contributed by atoms with Crippen LogP contribution < -0.4 is 9.32 Å². The Hall–Kier alpha value is 1.01. The van der Waals surface area contributed by atoms with Crippen LogP contribution in [0.5, 0.6) is 0 Å². The molecule has 5 N–H and O–H groups in total. The fraction of sp³-hybridized carbons (Fsp3) is 0. The summed E-state index contributed by atoms with van der Waals surface area (Å²) in [5.41, 5.74) is 0. The fourth-order valence-electron chi connectivity index (χ4n) is 0. The van der Waals surface area contributed by atoms with Crippen LogP contribution in [0.25, 0.3) is 0 Å². The first kappa shape index (κ1) is 24.5. The summed E-state index contributed by atoms with van der Waals surface area (Å²) in [5, 5.41) is 0. The van der Waals surface area contributed by atoms with Crippen molar-refractivity contribution >= 4 is 0 Å². The minimum atomic E-state index is -2.60. The first-order valence-electron chi connectivity index (χ1n) is 0.478. The molecule has 5 nitrogen and oxygen atoms in total. The Labute approximate surface area is 63.1 Å². The van der Waals surface area contributed by atoms with Gasteiger partial charge in [-0.1, -0.05) is 0 Å². The summed E-state index contributed by atoms with van der Waals surface area (Å²) < 4.78 is 24.0. The zero-order valence-electron chi connectivity index (χ0n) is 3.35. The maximum absolute atomic E-state index is 8.52. The van der Waals surface area contributed by atoms with E-state index in [2.05, 4.69) is 0 Å². The Balaban J connectivity index is -0.0000000150. The molecular weight excluding hydrogens is 228 g/mol. The molecule has 0 heterocycles. The summed E-state index contributed by atoms with van der Waals surface area (Å²) in [4.78, 5) is 0. The monoisotopic (exact) mass is 234 g/mol. The molecule has 0 aromatic carbocycles. The molecule has 0 aliphatic heterocycles. The van der Waals surface area contributed by atoms with E-state index in [1.54, 1.807) is 0 Å². The van der Waals surface area contributed by atoms with Gasteiger partial charge in [-0.25, -0.2) is 0 Å². The van der Waals surface area contributed by atoms with Crippen LogP contribution in [-0.2, 0) is 27.3 Å². The molecule has 0 radical (unpaired) electrons. The Morgan fingerprint density at radius 1 is 1.14 bits per heavy atom. The number of halogens is 1. The van der Waals surface area contributed by atoms with Gasteiger partial charge in [0.2, 0.25) is 0 Å². The van der Waals surface area contributed by atoms with E-state index >= 15 is 0 Å². The minimum absolute atomic E-state index is 0. The largest absolute Gasteiger partial charge is 0.412 e. The molecule has 0 aliphatic carbocycles. The quantitative estimate of drug-likeness (QED) is 0.422. The van der Waals surface area contributed by atoms with Crippen LogP contribution in [0.15, 0.2) is 0 Å². The summed E-state index contributed by atoms with van der Waals surface area (Å²) in [6, 6.07) is 0. The number of rotatable bonds is 0. The van der Waals surface area contributed by atoms with Crippen LogP contribution >= 0.6 is 0 Å².